The first kappa shape index (κ1) is 25.3. The molecule has 7 heteroatoms. The molecule has 0 spiro atoms. The van der Waals surface area contributed by atoms with E-state index in [4.69, 9.17) is 21.4 Å². The molecular formula is C31H27ClN4O2. The van der Waals surface area contributed by atoms with Crippen LogP contribution in [0.15, 0.2) is 90.6 Å². The molecule has 3 aromatic carbocycles. The molecule has 1 aromatic heterocycles. The Morgan fingerprint density at radius 3 is 2.39 bits per heavy atom. The lowest BCUT2D eigenvalue weighted by molar-refractivity contribution is -0.127. The van der Waals surface area contributed by atoms with Gasteiger partial charge in [-0.15, -0.1) is 0 Å². The van der Waals surface area contributed by atoms with E-state index in [1.165, 1.54) is 0 Å². The first-order valence-electron chi connectivity index (χ1n) is 12.6. The standard InChI is InChI=1S/C31H27ClN4O2/c32-29-12-6-5-9-24(29)22-38-28-15-13-23(14-16-28)30-26(21-36(34-30)27-10-3-1-4-11-27)19-25(20-33)31(37)35-17-7-2-8-18-35/h1,3-6,9-16,19,21H,2,7-8,17-18,22H2/b25-19+. The summed E-state index contributed by atoms with van der Waals surface area (Å²) in [7, 11) is 0. The molecule has 0 atom stereocenters. The summed E-state index contributed by atoms with van der Waals surface area (Å²) in [5.41, 5.74) is 4.12. The molecule has 1 fully saturated rings. The van der Waals surface area contributed by atoms with Crippen molar-refractivity contribution in [2.24, 2.45) is 0 Å². The molecule has 1 aliphatic rings. The van der Waals surface area contributed by atoms with Crippen LogP contribution in [0.4, 0.5) is 0 Å². The normalized spacial score (nSPS) is 13.7. The van der Waals surface area contributed by atoms with Gasteiger partial charge in [0.2, 0.25) is 0 Å². The van der Waals surface area contributed by atoms with Gasteiger partial charge in [-0.2, -0.15) is 10.4 Å². The first-order chi connectivity index (χ1) is 18.6. The Morgan fingerprint density at radius 2 is 1.68 bits per heavy atom. The second-order valence-electron chi connectivity index (χ2n) is 9.14. The molecule has 5 rings (SSSR count). The Balaban J connectivity index is 1.45. The van der Waals surface area contributed by atoms with Crippen molar-refractivity contribution in [2.45, 2.75) is 25.9 Å². The largest absolute Gasteiger partial charge is 0.489 e. The average molecular weight is 523 g/mol. The second-order valence-corrected chi connectivity index (χ2v) is 9.55. The third-order valence-corrected chi connectivity index (χ3v) is 6.91. The molecule has 1 saturated heterocycles. The van der Waals surface area contributed by atoms with Crippen molar-refractivity contribution in [3.05, 3.63) is 107 Å². The maximum atomic E-state index is 13.1. The van der Waals surface area contributed by atoms with Gasteiger partial charge in [0.25, 0.3) is 5.91 Å². The number of hydrogen-bond acceptors (Lipinski definition) is 4. The minimum atomic E-state index is -0.228. The van der Waals surface area contributed by atoms with Gasteiger partial charge in [-0.1, -0.05) is 48.0 Å². The molecule has 1 aliphatic heterocycles. The molecule has 0 unspecified atom stereocenters. The van der Waals surface area contributed by atoms with Crippen LogP contribution in [0.1, 0.15) is 30.4 Å². The second kappa shape index (κ2) is 11.8. The summed E-state index contributed by atoms with van der Waals surface area (Å²) in [5, 5.41) is 15.4. The number of benzene rings is 3. The molecule has 1 amide bonds. The highest BCUT2D eigenvalue weighted by atomic mass is 35.5. The number of carbonyl (C=O) groups is 1. The van der Waals surface area contributed by atoms with Crippen molar-refractivity contribution in [2.75, 3.05) is 13.1 Å². The first-order valence-corrected chi connectivity index (χ1v) is 13.0. The SMILES string of the molecule is N#C/C(=C\c1cn(-c2ccccc2)nc1-c1ccc(OCc2ccccc2Cl)cc1)C(=O)N1CCCCC1. The van der Waals surface area contributed by atoms with E-state index in [1.54, 1.807) is 15.7 Å². The average Bonchev–Trinajstić information content (AvgIpc) is 3.40. The van der Waals surface area contributed by atoms with Gasteiger partial charge in [0.1, 0.15) is 24.0 Å². The molecule has 0 N–H and O–H groups in total. The van der Waals surface area contributed by atoms with Crippen LogP contribution in [-0.2, 0) is 11.4 Å². The summed E-state index contributed by atoms with van der Waals surface area (Å²) in [6, 6.07) is 27.1. The zero-order chi connectivity index (χ0) is 26.3. The molecule has 0 aliphatic carbocycles. The lowest BCUT2D eigenvalue weighted by Crippen LogP contribution is -2.36. The molecule has 6 nitrogen and oxygen atoms in total. The number of nitriles is 1. The highest BCUT2D eigenvalue weighted by molar-refractivity contribution is 6.31. The topological polar surface area (TPSA) is 71.1 Å². The van der Waals surface area contributed by atoms with E-state index in [-0.39, 0.29) is 11.5 Å². The number of likely N-dealkylation sites (tertiary alicyclic amines) is 1. The van der Waals surface area contributed by atoms with Crippen LogP contribution >= 0.6 is 11.6 Å². The lowest BCUT2D eigenvalue weighted by Gasteiger charge is -2.26. The van der Waals surface area contributed by atoms with Crippen LogP contribution in [0.5, 0.6) is 5.75 Å². The molecule has 0 saturated carbocycles. The zero-order valence-electron chi connectivity index (χ0n) is 20.9. The lowest BCUT2D eigenvalue weighted by atomic mass is 10.0. The summed E-state index contributed by atoms with van der Waals surface area (Å²) >= 11 is 6.25. The Hall–Kier alpha value is -4.34. The maximum absolute atomic E-state index is 13.1. The molecular weight excluding hydrogens is 496 g/mol. The van der Waals surface area contributed by atoms with Gasteiger partial charge in [-0.3, -0.25) is 4.79 Å². The number of para-hydroxylation sites is 1. The van der Waals surface area contributed by atoms with Crippen LogP contribution in [0.25, 0.3) is 23.0 Å². The number of carbonyl (C=O) groups excluding carboxylic acids is 1. The number of amides is 1. The van der Waals surface area contributed by atoms with Crippen LogP contribution in [0.2, 0.25) is 5.02 Å². The highest BCUT2D eigenvalue weighted by Crippen LogP contribution is 2.28. The fourth-order valence-electron chi connectivity index (χ4n) is 4.48. The number of nitrogens with zero attached hydrogens (tertiary/aromatic N) is 4. The Morgan fingerprint density at radius 1 is 0.974 bits per heavy atom. The van der Waals surface area contributed by atoms with Crippen molar-refractivity contribution >= 4 is 23.6 Å². The summed E-state index contributed by atoms with van der Waals surface area (Å²) in [4.78, 5) is 14.9. The molecule has 2 heterocycles. The fraction of sp³-hybridized carbons (Fsp3) is 0.194. The number of hydrogen-bond donors (Lipinski definition) is 0. The summed E-state index contributed by atoms with van der Waals surface area (Å²) in [6.07, 6.45) is 6.55. The van der Waals surface area contributed by atoms with Crippen molar-refractivity contribution in [3.8, 4) is 28.8 Å². The summed E-state index contributed by atoms with van der Waals surface area (Å²) in [6.45, 7) is 1.73. The highest BCUT2D eigenvalue weighted by Gasteiger charge is 2.21. The zero-order valence-corrected chi connectivity index (χ0v) is 21.6. The minimum absolute atomic E-state index is 0.112. The van der Waals surface area contributed by atoms with Crippen molar-refractivity contribution < 1.29 is 9.53 Å². The summed E-state index contributed by atoms with van der Waals surface area (Å²) < 4.78 is 7.70. The van der Waals surface area contributed by atoms with Crippen molar-refractivity contribution in [1.82, 2.24) is 14.7 Å². The Bertz CT molecular complexity index is 1480. The predicted molar refractivity (Wildman–Crippen MR) is 149 cm³/mol. The van der Waals surface area contributed by atoms with E-state index in [0.717, 1.165) is 36.1 Å². The molecule has 0 radical (unpaired) electrons. The van der Waals surface area contributed by atoms with Crippen LogP contribution in [-0.4, -0.2) is 33.7 Å². The molecule has 0 bridgehead atoms. The van der Waals surface area contributed by atoms with Gasteiger partial charge in [0.05, 0.1) is 11.4 Å². The number of aromatic nitrogens is 2. The van der Waals surface area contributed by atoms with E-state index < -0.39 is 0 Å². The van der Waals surface area contributed by atoms with Crippen molar-refractivity contribution in [1.29, 1.82) is 5.26 Å². The molecule has 190 valence electrons. The van der Waals surface area contributed by atoms with Crippen LogP contribution in [0, 0.1) is 11.3 Å². The minimum Gasteiger partial charge on any atom is -0.489 e. The predicted octanol–water partition coefficient (Wildman–Crippen LogP) is 6.69. The van der Waals surface area contributed by atoms with Gasteiger partial charge in [0.15, 0.2) is 0 Å². The molecule has 38 heavy (non-hydrogen) atoms. The Kier molecular flexibility index (Phi) is 7.86. The third kappa shape index (κ3) is 5.80. The number of ether oxygens (including phenoxy) is 1. The maximum Gasteiger partial charge on any atom is 0.264 e. The number of halogens is 1. The van der Waals surface area contributed by atoms with Crippen LogP contribution in [0.3, 0.4) is 0 Å². The van der Waals surface area contributed by atoms with Gasteiger partial charge >= 0.3 is 0 Å². The quantitative estimate of drug-likeness (QED) is 0.200. The van der Waals surface area contributed by atoms with E-state index in [2.05, 4.69) is 6.07 Å². The Labute approximate surface area is 227 Å². The molecule has 4 aromatic rings. The fourth-order valence-corrected chi connectivity index (χ4v) is 4.67. The van der Waals surface area contributed by atoms with Crippen LogP contribution < -0.4 is 4.74 Å². The monoisotopic (exact) mass is 522 g/mol. The number of piperidine rings is 1. The van der Waals surface area contributed by atoms with E-state index in [0.29, 0.717) is 41.7 Å². The van der Waals surface area contributed by atoms with E-state index in [9.17, 15) is 10.1 Å². The third-order valence-electron chi connectivity index (χ3n) is 6.54. The smallest absolute Gasteiger partial charge is 0.264 e. The van der Waals surface area contributed by atoms with E-state index in [1.807, 2.05) is 85.1 Å². The van der Waals surface area contributed by atoms with Gasteiger partial charge in [-0.25, -0.2) is 4.68 Å². The van der Waals surface area contributed by atoms with Gasteiger partial charge in [0, 0.05) is 41.0 Å². The van der Waals surface area contributed by atoms with Gasteiger partial charge < -0.3 is 9.64 Å². The summed E-state index contributed by atoms with van der Waals surface area (Å²) in [5.74, 6) is 0.472. The number of rotatable bonds is 7. The van der Waals surface area contributed by atoms with E-state index >= 15 is 0 Å². The van der Waals surface area contributed by atoms with Gasteiger partial charge in [-0.05, 0) is 67.8 Å². The van der Waals surface area contributed by atoms with Crippen molar-refractivity contribution in [3.63, 3.8) is 0 Å².